The molecule has 0 fully saturated rings. The summed E-state index contributed by atoms with van der Waals surface area (Å²) in [5.74, 6) is -0.426. The molecule has 1 heterocycles. The Hall–Kier alpha value is -2.37. The molecule has 0 amide bonds. The monoisotopic (exact) mass is 372 g/mol. The topological polar surface area (TPSA) is 62.2 Å². The van der Waals surface area contributed by atoms with Crippen LogP contribution < -0.4 is 9.84 Å². The Labute approximate surface area is 154 Å². The van der Waals surface area contributed by atoms with Crippen molar-refractivity contribution in [3.63, 3.8) is 0 Å². The maximum absolute atomic E-state index is 11.0. The van der Waals surface area contributed by atoms with Crippen molar-refractivity contribution in [1.82, 2.24) is 4.98 Å². The van der Waals surface area contributed by atoms with Crippen LogP contribution in [0.2, 0.25) is 5.02 Å². The molecule has 0 aliphatic heterocycles. The number of hydrogen-bond acceptors (Lipinski definition) is 5. The summed E-state index contributed by atoms with van der Waals surface area (Å²) >= 11 is 7.13. The predicted molar refractivity (Wildman–Crippen MR) is 97.1 cm³/mol. The van der Waals surface area contributed by atoms with E-state index >= 15 is 0 Å². The molecule has 0 spiro atoms. The largest absolute Gasteiger partial charge is 0.544 e. The maximum atomic E-state index is 11.0. The number of aromatic nitrogens is 1. The quantitative estimate of drug-likeness (QED) is 0.678. The van der Waals surface area contributed by atoms with Gasteiger partial charge in [-0.3, -0.25) is 0 Å². The second-order valence-electron chi connectivity index (χ2n) is 5.62. The van der Waals surface area contributed by atoms with E-state index < -0.39 is 5.97 Å². The molecule has 0 N–H and O–H groups in total. The van der Waals surface area contributed by atoms with Gasteiger partial charge in [-0.15, -0.1) is 11.3 Å². The first kappa shape index (κ1) is 17.5. The maximum Gasteiger partial charge on any atom is 0.124 e. The van der Waals surface area contributed by atoms with Gasteiger partial charge < -0.3 is 14.6 Å². The van der Waals surface area contributed by atoms with E-state index in [0.717, 1.165) is 33.8 Å². The predicted octanol–water partition coefficient (Wildman–Crippen LogP) is 4.02. The lowest BCUT2D eigenvalue weighted by atomic mass is 10.1. The number of carbonyl (C=O) groups excluding carboxylic acids is 1. The van der Waals surface area contributed by atoms with Crippen LogP contribution in [0.3, 0.4) is 0 Å². The lowest BCUT2D eigenvalue weighted by molar-refractivity contribution is -0.254. The molecule has 0 unspecified atom stereocenters. The van der Waals surface area contributed by atoms with Crippen molar-refractivity contribution in [2.75, 3.05) is 0 Å². The zero-order chi connectivity index (χ0) is 18.0. The number of hydrogen-bond donors (Lipinski definition) is 0. The highest BCUT2D eigenvalue weighted by Crippen LogP contribution is 2.28. The minimum atomic E-state index is -1.19. The number of aromatic carboxylic acids is 1. The number of carbonyl (C=O) groups is 1. The summed E-state index contributed by atoms with van der Waals surface area (Å²) in [6.07, 6.45) is 0. The number of aryl methyl sites for hydroxylation is 2. The second-order valence-corrected chi connectivity index (χ2v) is 7.02. The molecule has 128 valence electrons. The van der Waals surface area contributed by atoms with Gasteiger partial charge in [0.05, 0.1) is 16.5 Å². The third-order valence-electron chi connectivity index (χ3n) is 3.72. The Balaban J connectivity index is 1.70. The average Bonchev–Trinajstić information content (AvgIpc) is 2.98. The third-order valence-corrected chi connectivity index (χ3v) is 5.33. The molecule has 1 aromatic heterocycles. The van der Waals surface area contributed by atoms with Crippen molar-refractivity contribution in [1.29, 1.82) is 0 Å². The van der Waals surface area contributed by atoms with E-state index in [4.69, 9.17) is 16.3 Å². The number of ether oxygens (including phenoxy) is 1. The van der Waals surface area contributed by atoms with Crippen LogP contribution in [0.15, 0.2) is 42.5 Å². The van der Waals surface area contributed by atoms with Crippen LogP contribution in [0.4, 0.5) is 0 Å². The highest BCUT2D eigenvalue weighted by Gasteiger charge is 2.10. The van der Waals surface area contributed by atoms with Gasteiger partial charge in [0.1, 0.15) is 17.4 Å². The fourth-order valence-corrected chi connectivity index (χ4v) is 3.35. The van der Waals surface area contributed by atoms with E-state index in [1.165, 1.54) is 0 Å². The van der Waals surface area contributed by atoms with Crippen molar-refractivity contribution in [3.05, 3.63) is 69.2 Å². The molecular weight excluding hydrogens is 358 g/mol. The van der Waals surface area contributed by atoms with Crippen molar-refractivity contribution in [3.8, 4) is 16.3 Å². The number of rotatable bonds is 5. The third kappa shape index (κ3) is 4.00. The molecule has 2 aromatic carbocycles. The first-order chi connectivity index (χ1) is 11.9. The molecule has 25 heavy (non-hydrogen) atoms. The van der Waals surface area contributed by atoms with Crippen molar-refractivity contribution >= 4 is 28.9 Å². The fourth-order valence-electron chi connectivity index (χ4n) is 2.33. The molecule has 6 heteroatoms. The Morgan fingerprint density at radius 3 is 2.52 bits per heavy atom. The number of benzene rings is 2. The zero-order valence-electron chi connectivity index (χ0n) is 13.7. The van der Waals surface area contributed by atoms with E-state index in [1.54, 1.807) is 6.92 Å². The number of carboxylic acids is 1. The van der Waals surface area contributed by atoms with Gasteiger partial charge in [-0.2, -0.15) is 0 Å². The standard InChI is InChI=1S/C19H16ClNO3S/c1-11-9-15(7-8-16(11)20)24-10-13-3-5-14(6-4-13)18-21-12(2)17(25-18)19(22)23/h3-9H,10H2,1-2H3,(H,22,23)/p-1. The van der Waals surface area contributed by atoms with Crippen molar-refractivity contribution < 1.29 is 14.6 Å². The van der Waals surface area contributed by atoms with Crippen LogP contribution in [-0.4, -0.2) is 11.0 Å². The van der Waals surface area contributed by atoms with E-state index in [0.29, 0.717) is 22.3 Å². The van der Waals surface area contributed by atoms with Crippen molar-refractivity contribution in [2.24, 2.45) is 0 Å². The van der Waals surface area contributed by atoms with Crippen molar-refractivity contribution in [2.45, 2.75) is 20.5 Å². The SMILES string of the molecule is Cc1cc(OCc2ccc(-c3nc(C)c(C(=O)[O-])s3)cc2)ccc1Cl. The Bertz CT molecular complexity index is 919. The van der Waals surface area contributed by atoms with Crippen LogP contribution in [0.1, 0.15) is 26.5 Å². The minimum absolute atomic E-state index is 0.167. The van der Waals surface area contributed by atoms with Crippen LogP contribution in [0.5, 0.6) is 5.75 Å². The van der Waals surface area contributed by atoms with Gasteiger partial charge in [-0.25, -0.2) is 4.98 Å². The number of thiazole rings is 1. The molecule has 0 atom stereocenters. The molecular formula is C19H15ClNO3S-. The van der Waals surface area contributed by atoms with E-state index in [2.05, 4.69) is 4.98 Å². The summed E-state index contributed by atoms with van der Waals surface area (Å²) < 4.78 is 5.77. The number of halogens is 1. The minimum Gasteiger partial charge on any atom is -0.544 e. The number of carboxylic acid groups (broad SMARTS) is 1. The summed E-state index contributed by atoms with van der Waals surface area (Å²) in [6.45, 7) is 4.03. The van der Waals surface area contributed by atoms with E-state index in [1.807, 2.05) is 49.4 Å². The first-order valence-corrected chi connectivity index (χ1v) is 8.80. The van der Waals surface area contributed by atoms with Crippen LogP contribution in [-0.2, 0) is 6.61 Å². The molecule has 4 nitrogen and oxygen atoms in total. The normalized spacial score (nSPS) is 10.7. The summed E-state index contributed by atoms with van der Waals surface area (Å²) in [4.78, 5) is 15.5. The Morgan fingerprint density at radius 1 is 1.20 bits per heavy atom. The van der Waals surface area contributed by atoms with Gasteiger partial charge in [-0.1, -0.05) is 35.9 Å². The molecule has 3 rings (SSSR count). The summed E-state index contributed by atoms with van der Waals surface area (Å²) in [5, 5.41) is 12.4. The Kier molecular flexibility index (Phi) is 5.06. The van der Waals surface area contributed by atoms with Gasteiger partial charge in [0.25, 0.3) is 0 Å². The van der Waals surface area contributed by atoms with Gasteiger partial charge in [0.15, 0.2) is 0 Å². The number of nitrogens with zero attached hydrogens (tertiary/aromatic N) is 1. The van der Waals surface area contributed by atoms with Crippen LogP contribution >= 0.6 is 22.9 Å². The van der Waals surface area contributed by atoms with Crippen LogP contribution in [0.25, 0.3) is 10.6 Å². The molecule has 0 aliphatic rings. The van der Waals surface area contributed by atoms with Crippen LogP contribution in [0, 0.1) is 13.8 Å². The fraction of sp³-hybridized carbons (Fsp3) is 0.158. The molecule has 0 radical (unpaired) electrons. The van der Waals surface area contributed by atoms with E-state index in [-0.39, 0.29) is 4.88 Å². The summed E-state index contributed by atoms with van der Waals surface area (Å²) in [5.41, 5.74) is 3.32. The molecule has 0 saturated carbocycles. The molecule has 3 aromatic rings. The zero-order valence-corrected chi connectivity index (χ0v) is 15.3. The van der Waals surface area contributed by atoms with Gasteiger partial charge in [-0.05, 0) is 43.2 Å². The second kappa shape index (κ2) is 7.25. The summed E-state index contributed by atoms with van der Waals surface area (Å²) in [6, 6.07) is 13.2. The summed E-state index contributed by atoms with van der Waals surface area (Å²) in [7, 11) is 0. The first-order valence-electron chi connectivity index (χ1n) is 7.61. The van der Waals surface area contributed by atoms with Gasteiger partial charge in [0.2, 0.25) is 0 Å². The highest BCUT2D eigenvalue weighted by atomic mass is 35.5. The lowest BCUT2D eigenvalue weighted by Crippen LogP contribution is -2.21. The highest BCUT2D eigenvalue weighted by molar-refractivity contribution is 7.17. The van der Waals surface area contributed by atoms with Gasteiger partial charge >= 0.3 is 0 Å². The average molecular weight is 373 g/mol. The van der Waals surface area contributed by atoms with E-state index in [9.17, 15) is 9.90 Å². The smallest absolute Gasteiger partial charge is 0.124 e. The Morgan fingerprint density at radius 2 is 1.92 bits per heavy atom. The molecule has 0 bridgehead atoms. The molecule has 0 aliphatic carbocycles. The lowest BCUT2D eigenvalue weighted by Gasteiger charge is -2.08. The van der Waals surface area contributed by atoms with Gasteiger partial charge in [0, 0.05) is 10.6 Å². The molecule has 0 saturated heterocycles.